The van der Waals surface area contributed by atoms with Crippen LogP contribution < -0.4 is 21.7 Å². The SMILES string of the molecule is Cc1[nH]c(/C=N/N=C2\C(=O)Nc3ccccc32)c(C)c1C(=O)NCCCCCC(=O)Nc1ccccc1N. The number of carbonyl (C=O) groups excluding carboxylic acids is 3. The number of carbonyl (C=O) groups is 3. The molecule has 0 radical (unpaired) electrons. The van der Waals surface area contributed by atoms with Gasteiger partial charge >= 0.3 is 0 Å². The lowest BCUT2D eigenvalue weighted by atomic mass is 10.1. The molecule has 3 amide bonds. The summed E-state index contributed by atoms with van der Waals surface area (Å²) >= 11 is 0. The molecule has 3 aromatic rings. The van der Waals surface area contributed by atoms with Crippen LogP contribution in [0.2, 0.25) is 0 Å². The van der Waals surface area contributed by atoms with Crippen LogP contribution in [0.15, 0.2) is 58.7 Å². The van der Waals surface area contributed by atoms with Crippen molar-refractivity contribution in [2.45, 2.75) is 39.5 Å². The van der Waals surface area contributed by atoms with Gasteiger partial charge in [0.1, 0.15) is 0 Å². The maximum Gasteiger partial charge on any atom is 0.276 e. The van der Waals surface area contributed by atoms with Crippen molar-refractivity contribution < 1.29 is 14.4 Å². The van der Waals surface area contributed by atoms with Crippen molar-refractivity contribution in [3.8, 4) is 0 Å². The van der Waals surface area contributed by atoms with Crippen LogP contribution in [0.1, 0.15) is 58.6 Å². The number of amides is 3. The lowest BCUT2D eigenvalue weighted by Crippen LogP contribution is -2.25. The Kier molecular flexibility index (Phi) is 8.32. The van der Waals surface area contributed by atoms with Gasteiger partial charge in [0.05, 0.1) is 34.5 Å². The highest BCUT2D eigenvalue weighted by Crippen LogP contribution is 2.23. The van der Waals surface area contributed by atoms with Gasteiger partial charge in [-0.1, -0.05) is 36.8 Å². The van der Waals surface area contributed by atoms with Gasteiger partial charge in [-0.3, -0.25) is 14.4 Å². The summed E-state index contributed by atoms with van der Waals surface area (Å²) in [6, 6.07) is 14.4. The topological polar surface area (TPSA) is 154 Å². The van der Waals surface area contributed by atoms with E-state index in [4.69, 9.17) is 5.73 Å². The normalized spacial score (nSPS) is 13.5. The van der Waals surface area contributed by atoms with Crippen LogP contribution in [0.3, 0.4) is 0 Å². The third-order valence-corrected chi connectivity index (χ3v) is 6.29. The number of benzene rings is 2. The summed E-state index contributed by atoms with van der Waals surface area (Å²) in [6.07, 6.45) is 4.16. The Morgan fingerprint density at radius 1 is 1.03 bits per heavy atom. The van der Waals surface area contributed by atoms with E-state index < -0.39 is 0 Å². The number of rotatable bonds is 10. The second kappa shape index (κ2) is 12.0. The molecule has 196 valence electrons. The number of H-pyrrole nitrogens is 1. The number of aryl methyl sites for hydroxylation is 1. The fourth-order valence-corrected chi connectivity index (χ4v) is 4.29. The van der Waals surface area contributed by atoms with Crippen molar-refractivity contribution in [2.24, 2.45) is 10.2 Å². The molecule has 0 bridgehead atoms. The van der Waals surface area contributed by atoms with E-state index >= 15 is 0 Å². The molecular formula is C28H31N7O3. The predicted octanol–water partition coefficient (Wildman–Crippen LogP) is 3.92. The first-order valence-electron chi connectivity index (χ1n) is 12.5. The minimum atomic E-state index is -0.302. The predicted molar refractivity (Wildman–Crippen MR) is 150 cm³/mol. The molecule has 6 N–H and O–H groups in total. The molecule has 10 nitrogen and oxygen atoms in total. The minimum absolute atomic E-state index is 0.0809. The number of hydrogen-bond acceptors (Lipinski definition) is 6. The third kappa shape index (κ3) is 6.15. The Morgan fingerprint density at radius 2 is 1.79 bits per heavy atom. The van der Waals surface area contributed by atoms with E-state index in [1.54, 1.807) is 12.1 Å². The molecule has 38 heavy (non-hydrogen) atoms. The Labute approximate surface area is 220 Å². The van der Waals surface area contributed by atoms with Crippen molar-refractivity contribution in [3.05, 3.63) is 76.6 Å². The van der Waals surface area contributed by atoms with Crippen LogP contribution in [0.25, 0.3) is 0 Å². The largest absolute Gasteiger partial charge is 0.397 e. The number of nitrogens with two attached hydrogens (primary N) is 1. The summed E-state index contributed by atoms with van der Waals surface area (Å²) in [6.45, 7) is 4.16. The Morgan fingerprint density at radius 3 is 2.61 bits per heavy atom. The number of anilines is 3. The number of unbranched alkanes of at least 4 members (excludes halogenated alkanes) is 2. The highest BCUT2D eigenvalue weighted by atomic mass is 16.2. The summed E-state index contributed by atoms with van der Waals surface area (Å²) < 4.78 is 0. The molecule has 2 heterocycles. The zero-order valence-electron chi connectivity index (χ0n) is 21.4. The number of nitrogens with zero attached hydrogens (tertiary/aromatic N) is 2. The van der Waals surface area contributed by atoms with Gasteiger partial charge in [0.25, 0.3) is 11.8 Å². The van der Waals surface area contributed by atoms with Gasteiger partial charge in [-0.15, -0.1) is 5.10 Å². The third-order valence-electron chi connectivity index (χ3n) is 6.29. The van der Waals surface area contributed by atoms with Crippen molar-refractivity contribution >= 4 is 46.7 Å². The average molecular weight is 514 g/mol. The number of fused-ring (bicyclic) bond motifs is 1. The monoisotopic (exact) mass is 513 g/mol. The van der Waals surface area contributed by atoms with Crippen molar-refractivity contribution in [3.63, 3.8) is 0 Å². The van der Waals surface area contributed by atoms with Crippen molar-refractivity contribution in [2.75, 3.05) is 22.9 Å². The highest BCUT2D eigenvalue weighted by molar-refractivity contribution is 6.53. The molecule has 4 rings (SSSR count). The van der Waals surface area contributed by atoms with Crippen LogP contribution in [-0.4, -0.2) is 41.2 Å². The quantitative estimate of drug-likeness (QED) is 0.121. The van der Waals surface area contributed by atoms with Crippen LogP contribution in [0, 0.1) is 13.8 Å². The molecule has 0 aliphatic carbocycles. The van der Waals surface area contributed by atoms with E-state index in [2.05, 4.69) is 31.1 Å². The summed E-state index contributed by atoms with van der Waals surface area (Å²) in [5.41, 5.74) is 11.3. The Balaban J connectivity index is 1.24. The molecule has 0 atom stereocenters. The van der Waals surface area contributed by atoms with E-state index in [1.165, 1.54) is 6.21 Å². The van der Waals surface area contributed by atoms with Crippen LogP contribution in [0.5, 0.6) is 0 Å². The molecule has 0 unspecified atom stereocenters. The fraction of sp³-hybridized carbons (Fsp3) is 0.250. The van der Waals surface area contributed by atoms with E-state index in [-0.39, 0.29) is 23.4 Å². The summed E-state index contributed by atoms with van der Waals surface area (Å²) in [7, 11) is 0. The lowest BCUT2D eigenvalue weighted by molar-refractivity contribution is -0.116. The van der Waals surface area contributed by atoms with Crippen molar-refractivity contribution in [1.29, 1.82) is 0 Å². The number of aromatic amines is 1. The number of hydrogen-bond donors (Lipinski definition) is 5. The molecule has 1 aromatic heterocycles. The highest BCUT2D eigenvalue weighted by Gasteiger charge is 2.25. The van der Waals surface area contributed by atoms with Crippen LogP contribution >= 0.6 is 0 Å². The first-order valence-corrected chi connectivity index (χ1v) is 12.5. The number of para-hydroxylation sites is 3. The van der Waals surface area contributed by atoms with Crippen LogP contribution in [-0.2, 0) is 9.59 Å². The molecular weight excluding hydrogens is 482 g/mol. The maximum atomic E-state index is 12.8. The second-order valence-corrected chi connectivity index (χ2v) is 9.06. The van der Waals surface area contributed by atoms with Gasteiger partial charge in [-0.25, -0.2) is 0 Å². The van der Waals surface area contributed by atoms with Gasteiger partial charge in [0, 0.05) is 24.2 Å². The zero-order chi connectivity index (χ0) is 27.1. The molecule has 0 spiro atoms. The van der Waals surface area contributed by atoms with E-state index in [9.17, 15) is 14.4 Å². The smallest absolute Gasteiger partial charge is 0.276 e. The standard InChI is InChI=1S/C28H31N7O3/c1-17-23(16-31-35-26-19-10-5-7-12-21(19)34-28(26)38)32-18(2)25(17)27(37)30-15-9-3-4-14-24(36)33-22-13-8-6-11-20(22)29/h5-8,10-13,16,32H,3-4,9,14-15,29H2,1-2H3,(H,30,37)(H,33,36)(H,34,35,38)/b31-16+. The second-order valence-electron chi connectivity index (χ2n) is 9.06. The first kappa shape index (κ1) is 26.3. The minimum Gasteiger partial charge on any atom is -0.397 e. The maximum absolute atomic E-state index is 12.8. The van der Waals surface area contributed by atoms with Crippen molar-refractivity contribution in [1.82, 2.24) is 10.3 Å². The lowest BCUT2D eigenvalue weighted by Gasteiger charge is -2.08. The van der Waals surface area contributed by atoms with Gasteiger partial charge in [-0.05, 0) is 50.5 Å². The number of aromatic nitrogens is 1. The number of nitrogen functional groups attached to an aromatic ring is 1. The Bertz CT molecular complexity index is 1420. The molecule has 1 aliphatic heterocycles. The molecule has 0 fully saturated rings. The van der Waals surface area contributed by atoms with E-state index in [1.807, 2.05) is 50.2 Å². The van der Waals surface area contributed by atoms with E-state index in [0.29, 0.717) is 53.3 Å². The molecule has 0 saturated heterocycles. The average Bonchev–Trinajstić information content (AvgIpc) is 3.36. The Hall–Kier alpha value is -4.73. The van der Waals surface area contributed by atoms with Crippen LogP contribution in [0.4, 0.5) is 17.1 Å². The summed E-state index contributed by atoms with van der Waals surface area (Å²) in [5, 5.41) is 16.7. The fourth-order valence-electron chi connectivity index (χ4n) is 4.29. The first-order chi connectivity index (χ1) is 18.3. The van der Waals surface area contributed by atoms with Gasteiger partial charge in [-0.2, -0.15) is 5.10 Å². The zero-order valence-corrected chi connectivity index (χ0v) is 21.4. The molecule has 0 saturated carbocycles. The van der Waals surface area contributed by atoms with E-state index in [0.717, 1.165) is 24.1 Å². The molecule has 1 aliphatic rings. The van der Waals surface area contributed by atoms with Gasteiger partial charge in [0.15, 0.2) is 5.71 Å². The van der Waals surface area contributed by atoms with Gasteiger partial charge in [0.2, 0.25) is 5.91 Å². The summed E-state index contributed by atoms with van der Waals surface area (Å²) in [4.78, 5) is 40.3. The molecule has 10 heteroatoms. The molecule has 2 aromatic carbocycles. The van der Waals surface area contributed by atoms with Gasteiger partial charge < -0.3 is 26.7 Å². The summed E-state index contributed by atoms with van der Waals surface area (Å²) in [5.74, 6) is -0.560. The number of nitrogens with one attached hydrogen (secondary N) is 4.